The summed E-state index contributed by atoms with van der Waals surface area (Å²) < 4.78 is 68.4. The zero-order valence-corrected chi connectivity index (χ0v) is 20.6. The summed E-state index contributed by atoms with van der Waals surface area (Å²) in [6, 6.07) is 6.63. The van der Waals surface area contributed by atoms with Crippen LogP contribution in [0.3, 0.4) is 0 Å². The second kappa shape index (κ2) is 9.02. The predicted octanol–water partition coefficient (Wildman–Crippen LogP) is 3.29. The van der Waals surface area contributed by atoms with Crippen LogP contribution in [-0.2, 0) is 33.8 Å². The monoisotopic (exact) mass is 550 g/mol. The molecule has 5 amide bonds. The summed E-state index contributed by atoms with van der Waals surface area (Å²) in [5.41, 5.74) is -2.07. The molecule has 0 unspecified atom stereocenters. The van der Waals surface area contributed by atoms with Gasteiger partial charge < -0.3 is 15.1 Å². The molecule has 5 rings (SSSR count). The van der Waals surface area contributed by atoms with Gasteiger partial charge in [-0.05, 0) is 53.8 Å². The topological polar surface area (TPSA) is 98.8 Å². The second-order valence-corrected chi connectivity index (χ2v) is 10.3. The number of nitrogens with one attached hydrogen (secondary N) is 2. The summed E-state index contributed by atoms with van der Waals surface area (Å²) >= 11 is 0. The van der Waals surface area contributed by atoms with E-state index in [4.69, 9.17) is 0 Å². The molecule has 0 radical (unpaired) electrons. The molecule has 1 saturated carbocycles. The maximum atomic E-state index is 13.7. The Labute approximate surface area is 219 Å². The molecular weight excluding hydrogens is 527 g/mol. The largest absolute Gasteiger partial charge is 0.403 e. The summed E-state index contributed by atoms with van der Waals surface area (Å²) in [4.78, 5) is 52.3. The molecule has 0 bridgehead atoms. The van der Waals surface area contributed by atoms with Crippen molar-refractivity contribution in [2.75, 3.05) is 18.9 Å². The van der Waals surface area contributed by atoms with Crippen LogP contribution in [-0.4, -0.2) is 58.9 Å². The fraction of sp³-hybridized carbons (Fsp3) is 0.385. The number of halogens is 5. The van der Waals surface area contributed by atoms with E-state index in [1.807, 2.05) is 0 Å². The lowest BCUT2D eigenvalue weighted by atomic mass is 9.95. The maximum Gasteiger partial charge on any atom is 0.403 e. The van der Waals surface area contributed by atoms with Crippen molar-refractivity contribution in [3.8, 4) is 0 Å². The first-order valence-electron chi connectivity index (χ1n) is 12.1. The number of hydrogen-bond acceptors (Lipinski definition) is 4. The van der Waals surface area contributed by atoms with Crippen LogP contribution in [0.1, 0.15) is 29.5 Å². The lowest BCUT2D eigenvalue weighted by Gasteiger charge is -2.28. The van der Waals surface area contributed by atoms with E-state index in [1.165, 1.54) is 18.0 Å². The Balaban J connectivity index is 1.34. The second-order valence-electron chi connectivity index (χ2n) is 10.3. The van der Waals surface area contributed by atoms with Gasteiger partial charge in [0.05, 0.1) is 0 Å². The van der Waals surface area contributed by atoms with Crippen molar-refractivity contribution in [2.24, 2.45) is 5.41 Å². The summed E-state index contributed by atoms with van der Waals surface area (Å²) in [5, 5.41) is 4.82. The zero-order valence-electron chi connectivity index (χ0n) is 20.6. The molecular formula is C26H23F5N4O4. The van der Waals surface area contributed by atoms with Gasteiger partial charge in [-0.2, -0.15) is 13.2 Å². The number of hydrogen-bond donors (Lipinski definition) is 2. The van der Waals surface area contributed by atoms with Crippen LogP contribution in [0, 0.1) is 17.0 Å². The Morgan fingerprint density at radius 2 is 1.67 bits per heavy atom. The van der Waals surface area contributed by atoms with Gasteiger partial charge in [0.25, 0.3) is 5.91 Å². The van der Waals surface area contributed by atoms with Gasteiger partial charge in [-0.15, -0.1) is 0 Å². The first-order valence-corrected chi connectivity index (χ1v) is 12.1. The summed E-state index contributed by atoms with van der Waals surface area (Å²) in [5.74, 6) is -4.54. The molecule has 2 fully saturated rings. The van der Waals surface area contributed by atoms with Crippen molar-refractivity contribution >= 4 is 29.4 Å². The number of carbonyl (C=O) groups excluding carboxylic acids is 4. The van der Waals surface area contributed by atoms with Crippen LogP contribution in [0.25, 0.3) is 0 Å². The fourth-order valence-electron chi connectivity index (χ4n) is 5.32. The van der Waals surface area contributed by atoms with E-state index < -0.39 is 78.4 Å². The third-order valence-corrected chi connectivity index (χ3v) is 7.67. The molecule has 1 heterocycles. The van der Waals surface area contributed by atoms with Gasteiger partial charge in [-0.25, -0.2) is 13.6 Å². The Kier molecular flexibility index (Phi) is 6.15. The molecule has 1 spiro atoms. The van der Waals surface area contributed by atoms with E-state index >= 15 is 0 Å². The van der Waals surface area contributed by atoms with Gasteiger partial charge in [0.2, 0.25) is 11.8 Å². The summed E-state index contributed by atoms with van der Waals surface area (Å²) in [6.45, 7) is -1.41. The zero-order chi connectivity index (χ0) is 28.3. The van der Waals surface area contributed by atoms with Crippen LogP contribution >= 0.6 is 0 Å². The molecule has 13 heteroatoms. The van der Waals surface area contributed by atoms with E-state index in [1.54, 1.807) is 12.1 Å². The molecule has 1 aliphatic heterocycles. The molecule has 2 N–H and O–H groups in total. The number of fused-ring (bicyclic) bond motifs is 1. The fourth-order valence-corrected chi connectivity index (χ4v) is 5.32. The van der Waals surface area contributed by atoms with E-state index in [0.29, 0.717) is 16.5 Å². The van der Waals surface area contributed by atoms with Crippen molar-refractivity contribution in [3.05, 3.63) is 64.7 Å². The number of nitrogens with zero attached hydrogens (tertiary/aromatic N) is 2. The molecule has 39 heavy (non-hydrogen) atoms. The number of carbonyl (C=O) groups is 4. The molecule has 206 valence electrons. The molecule has 2 aromatic carbocycles. The number of benzene rings is 2. The quantitative estimate of drug-likeness (QED) is 0.426. The smallest absolute Gasteiger partial charge is 0.328 e. The average Bonchev–Trinajstić information content (AvgIpc) is 3.53. The average molecular weight is 550 g/mol. The van der Waals surface area contributed by atoms with Crippen LogP contribution in [0.15, 0.2) is 36.4 Å². The van der Waals surface area contributed by atoms with Crippen molar-refractivity contribution in [1.82, 2.24) is 15.1 Å². The number of alkyl halides is 3. The van der Waals surface area contributed by atoms with E-state index in [-0.39, 0.29) is 24.1 Å². The van der Waals surface area contributed by atoms with Crippen molar-refractivity contribution in [2.45, 2.75) is 43.9 Å². The maximum absolute atomic E-state index is 13.7. The minimum atomic E-state index is -4.84. The predicted molar refractivity (Wildman–Crippen MR) is 126 cm³/mol. The highest BCUT2D eigenvalue weighted by molar-refractivity contribution is 6.07. The van der Waals surface area contributed by atoms with Crippen molar-refractivity contribution in [3.63, 3.8) is 0 Å². The SMILES string of the molecule is CN1C(=O)NC(=O)[C@@]12Cc1ccc(NC(=O)CN(Cc3cc(F)cc(F)c3)C(=O)C3(C(F)(F)F)CC3)cc1C2. The number of amides is 5. The van der Waals surface area contributed by atoms with Gasteiger partial charge in [-0.3, -0.25) is 19.7 Å². The molecule has 1 atom stereocenters. The standard InChI is InChI=1S/C26H23F5N4O4/c1-34-23(39)33-21(37)25(34)10-15-2-3-19(8-16(15)11-25)32-20(36)13-35(12-14-6-17(27)9-18(28)7-14)22(38)24(4-5-24)26(29,30)31/h2-3,6-9H,4-5,10-13H2,1H3,(H,32,36)(H,33,37,39)/t25-/m0/s1. The van der Waals surface area contributed by atoms with Gasteiger partial charge in [0, 0.05) is 38.2 Å². The molecule has 8 nitrogen and oxygen atoms in total. The molecule has 1 saturated heterocycles. The summed E-state index contributed by atoms with van der Waals surface area (Å²) in [7, 11) is 1.51. The Morgan fingerprint density at radius 1 is 1.03 bits per heavy atom. The van der Waals surface area contributed by atoms with Crippen LogP contribution in [0.5, 0.6) is 0 Å². The third kappa shape index (κ3) is 4.59. The lowest BCUT2D eigenvalue weighted by molar-refractivity contribution is -0.199. The minimum absolute atomic E-state index is 0.108. The first-order chi connectivity index (χ1) is 18.2. The number of likely N-dealkylation sites (N-methyl/N-ethyl adjacent to an activating group) is 1. The highest BCUT2D eigenvalue weighted by Crippen LogP contribution is 2.58. The number of urea groups is 1. The molecule has 2 aliphatic carbocycles. The van der Waals surface area contributed by atoms with Crippen LogP contribution < -0.4 is 10.6 Å². The minimum Gasteiger partial charge on any atom is -0.328 e. The first kappa shape index (κ1) is 26.6. The van der Waals surface area contributed by atoms with E-state index in [2.05, 4.69) is 10.6 Å². The molecule has 0 aromatic heterocycles. The van der Waals surface area contributed by atoms with Gasteiger partial charge in [-0.1, -0.05) is 6.07 Å². The van der Waals surface area contributed by atoms with Crippen LogP contribution in [0.2, 0.25) is 0 Å². The van der Waals surface area contributed by atoms with Gasteiger partial charge in [0.1, 0.15) is 29.1 Å². The lowest BCUT2D eigenvalue weighted by Crippen LogP contribution is -2.48. The van der Waals surface area contributed by atoms with E-state index in [0.717, 1.165) is 17.7 Å². The van der Waals surface area contributed by atoms with Crippen molar-refractivity contribution in [1.29, 1.82) is 0 Å². The van der Waals surface area contributed by atoms with Crippen molar-refractivity contribution < 1.29 is 41.1 Å². The third-order valence-electron chi connectivity index (χ3n) is 7.67. The Morgan fingerprint density at radius 3 is 2.23 bits per heavy atom. The highest BCUT2D eigenvalue weighted by Gasteiger charge is 2.69. The van der Waals surface area contributed by atoms with Gasteiger partial charge >= 0.3 is 12.2 Å². The molecule has 3 aliphatic rings. The van der Waals surface area contributed by atoms with Crippen LogP contribution in [0.4, 0.5) is 32.4 Å². The van der Waals surface area contributed by atoms with Gasteiger partial charge in [0.15, 0.2) is 0 Å². The number of anilines is 1. The normalized spacial score (nSPS) is 21.1. The Hall–Kier alpha value is -4.03. The molecule has 2 aromatic rings. The number of rotatable bonds is 6. The summed E-state index contributed by atoms with van der Waals surface area (Å²) in [6.07, 6.45) is -5.26. The highest BCUT2D eigenvalue weighted by atomic mass is 19.4. The Bertz CT molecular complexity index is 1390. The van der Waals surface area contributed by atoms with E-state index in [9.17, 15) is 41.1 Å². The number of imide groups is 1.